The zero-order valence-electron chi connectivity index (χ0n) is 15.3. The van der Waals surface area contributed by atoms with Crippen LogP contribution in [0.1, 0.15) is 24.2 Å². The number of methoxy groups -OCH3 is 1. The van der Waals surface area contributed by atoms with Crippen molar-refractivity contribution in [3.8, 4) is 5.75 Å². The van der Waals surface area contributed by atoms with Gasteiger partial charge in [-0.3, -0.25) is 9.59 Å². The van der Waals surface area contributed by atoms with Crippen LogP contribution in [0.5, 0.6) is 5.75 Å². The number of benzene rings is 1. The Morgan fingerprint density at radius 1 is 1.18 bits per heavy atom. The molecule has 0 saturated heterocycles. The molecule has 7 heteroatoms. The summed E-state index contributed by atoms with van der Waals surface area (Å²) < 4.78 is 21.2. The highest BCUT2D eigenvalue weighted by Crippen LogP contribution is 2.57. The van der Waals surface area contributed by atoms with E-state index in [1.807, 2.05) is 0 Å². The van der Waals surface area contributed by atoms with Crippen molar-refractivity contribution in [2.45, 2.75) is 18.3 Å². The molecule has 1 aromatic heterocycles. The molecule has 144 valence electrons. The van der Waals surface area contributed by atoms with E-state index < -0.39 is 35.2 Å². The van der Waals surface area contributed by atoms with Crippen molar-refractivity contribution in [2.24, 2.45) is 5.92 Å². The number of hydrogen-bond acceptors (Lipinski definition) is 7. The van der Waals surface area contributed by atoms with Gasteiger partial charge in [-0.25, -0.2) is 4.79 Å². The van der Waals surface area contributed by atoms with Crippen molar-refractivity contribution in [3.05, 3.63) is 65.6 Å². The van der Waals surface area contributed by atoms with Crippen LogP contribution in [0.4, 0.5) is 0 Å². The van der Waals surface area contributed by atoms with Crippen LogP contribution in [0.2, 0.25) is 0 Å². The van der Waals surface area contributed by atoms with Crippen molar-refractivity contribution in [1.29, 1.82) is 0 Å². The van der Waals surface area contributed by atoms with E-state index in [2.05, 4.69) is 0 Å². The van der Waals surface area contributed by atoms with E-state index in [0.29, 0.717) is 17.1 Å². The first-order chi connectivity index (χ1) is 13.5. The maximum atomic E-state index is 13.1. The maximum Gasteiger partial charge on any atom is 0.334 e. The lowest BCUT2D eigenvalue weighted by atomic mass is 9.70. The number of esters is 3. The largest absolute Gasteiger partial charge is 0.469 e. The Morgan fingerprint density at radius 2 is 1.96 bits per heavy atom. The van der Waals surface area contributed by atoms with Crippen LogP contribution >= 0.6 is 0 Å². The molecule has 2 aromatic rings. The smallest absolute Gasteiger partial charge is 0.334 e. The summed E-state index contributed by atoms with van der Waals surface area (Å²) in [5, 5.41) is 0. The topological polar surface area (TPSA) is 92.0 Å². The molecule has 0 amide bonds. The van der Waals surface area contributed by atoms with Gasteiger partial charge in [0.1, 0.15) is 16.9 Å². The Balaban J connectivity index is 1.99. The maximum absolute atomic E-state index is 13.1. The Hall–Kier alpha value is -3.35. The number of ether oxygens (including phenoxy) is 3. The van der Waals surface area contributed by atoms with Gasteiger partial charge in [0.2, 0.25) is 0 Å². The molecule has 3 atom stereocenters. The van der Waals surface area contributed by atoms with Crippen molar-refractivity contribution >= 4 is 17.9 Å². The predicted octanol–water partition coefficient (Wildman–Crippen LogP) is 2.51. The molecular formula is C21H18O7. The van der Waals surface area contributed by atoms with Crippen LogP contribution in [0.3, 0.4) is 0 Å². The average Bonchev–Trinajstić information content (AvgIpc) is 3.39. The SMILES string of the molecule is CCOC(=O)[C@@H]1[C@@H](c2ccco2)C(C(=O)OC)=C[C@@]12C(=O)Oc1ccccc12. The lowest BCUT2D eigenvalue weighted by molar-refractivity contribution is -0.155. The first-order valence-corrected chi connectivity index (χ1v) is 8.87. The normalized spacial score (nSPS) is 25.2. The molecule has 1 spiro atoms. The molecule has 0 fully saturated rings. The molecule has 28 heavy (non-hydrogen) atoms. The second kappa shape index (κ2) is 6.67. The summed E-state index contributed by atoms with van der Waals surface area (Å²) in [4.78, 5) is 38.7. The van der Waals surface area contributed by atoms with Gasteiger partial charge in [-0.2, -0.15) is 0 Å². The molecule has 0 N–H and O–H groups in total. The highest BCUT2D eigenvalue weighted by molar-refractivity contribution is 6.04. The van der Waals surface area contributed by atoms with Crippen LogP contribution in [-0.2, 0) is 29.3 Å². The van der Waals surface area contributed by atoms with Gasteiger partial charge in [0.05, 0.1) is 31.8 Å². The molecule has 1 aliphatic carbocycles. The first-order valence-electron chi connectivity index (χ1n) is 8.87. The van der Waals surface area contributed by atoms with Crippen LogP contribution in [-0.4, -0.2) is 31.6 Å². The Labute approximate surface area is 160 Å². The fourth-order valence-electron chi connectivity index (χ4n) is 4.13. The number of furan rings is 1. The Kier molecular flexibility index (Phi) is 4.30. The fraction of sp³-hybridized carbons (Fsp3) is 0.286. The quantitative estimate of drug-likeness (QED) is 0.593. The first kappa shape index (κ1) is 18.0. The average molecular weight is 382 g/mol. The monoisotopic (exact) mass is 382 g/mol. The second-order valence-electron chi connectivity index (χ2n) is 6.57. The van der Waals surface area contributed by atoms with E-state index in [1.165, 1.54) is 19.4 Å². The number of para-hydroxylation sites is 1. The number of carbonyl (C=O) groups excluding carboxylic acids is 3. The van der Waals surface area contributed by atoms with Gasteiger partial charge in [-0.15, -0.1) is 0 Å². The van der Waals surface area contributed by atoms with Gasteiger partial charge < -0.3 is 18.6 Å². The van der Waals surface area contributed by atoms with E-state index in [-0.39, 0.29) is 12.2 Å². The molecule has 2 aliphatic rings. The highest BCUT2D eigenvalue weighted by Gasteiger charge is 2.64. The van der Waals surface area contributed by atoms with E-state index in [0.717, 1.165) is 0 Å². The van der Waals surface area contributed by atoms with E-state index in [9.17, 15) is 14.4 Å². The third-order valence-corrected chi connectivity index (χ3v) is 5.23. The van der Waals surface area contributed by atoms with Gasteiger partial charge in [-0.1, -0.05) is 24.3 Å². The zero-order valence-corrected chi connectivity index (χ0v) is 15.3. The van der Waals surface area contributed by atoms with Gasteiger partial charge in [-0.05, 0) is 25.1 Å². The molecule has 1 aromatic carbocycles. The third kappa shape index (κ3) is 2.39. The highest BCUT2D eigenvalue weighted by atomic mass is 16.5. The van der Waals surface area contributed by atoms with Crippen LogP contribution in [0, 0.1) is 5.92 Å². The van der Waals surface area contributed by atoms with Crippen molar-refractivity contribution in [1.82, 2.24) is 0 Å². The summed E-state index contributed by atoms with van der Waals surface area (Å²) >= 11 is 0. The molecule has 4 rings (SSSR count). The van der Waals surface area contributed by atoms with Gasteiger partial charge in [0, 0.05) is 11.1 Å². The standard InChI is InChI=1S/C21H18O7/c1-3-26-19(23)17-16(15-9-6-10-27-15)12(18(22)25-2)11-21(17)13-7-4-5-8-14(13)28-20(21)24/h4-11,16-17H,3H2,1-2H3/t16-,17+,21+/m1/s1. The minimum atomic E-state index is -1.50. The molecule has 0 saturated carbocycles. The lowest BCUT2D eigenvalue weighted by Gasteiger charge is -2.29. The van der Waals surface area contributed by atoms with Crippen molar-refractivity contribution in [3.63, 3.8) is 0 Å². The molecule has 1 aliphatic heterocycles. The fourth-order valence-corrected chi connectivity index (χ4v) is 4.13. The summed E-state index contributed by atoms with van der Waals surface area (Å²) in [6.07, 6.45) is 2.92. The molecule has 7 nitrogen and oxygen atoms in total. The number of hydrogen-bond donors (Lipinski definition) is 0. The van der Waals surface area contributed by atoms with Crippen LogP contribution < -0.4 is 4.74 Å². The number of carbonyl (C=O) groups is 3. The van der Waals surface area contributed by atoms with E-state index >= 15 is 0 Å². The second-order valence-corrected chi connectivity index (χ2v) is 6.57. The Bertz CT molecular complexity index is 972. The summed E-state index contributed by atoms with van der Waals surface area (Å²) in [5.74, 6) is -3.10. The minimum absolute atomic E-state index is 0.126. The summed E-state index contributed by atoms with van der Waals surface area (Å²) in [7, 11) is 1.24. The predicted molar refractivity (Wildman–Crippen MR) is 95.4 cm³/mol. The van der Waals surface area contributed by atoms with Gasteiger partial charge in [0.15, 0.2) is 0 Å². The molecule has 0 bridgehead atoms. The van der Waals surface area contributed by atoms with Gasteiger partial charge >= 0.3 is 17.9 Å². The summed E-state index contributed by atoms with van der Waals surface area (Å²) in [6, 6.07) is 10.1. The molecule has 0 unspecified atom stereocenters. The molecular weight excluding hydrogens is 364 g/mol. The van der Waals surface area contributed by atoms with Crippen molar-refractivity contribution in [2.75, 3.05) is 13.7 Å². The summed E-state index contributed by atoms with van der Waals surface area (Å²) in [5.41, 5.74) is -0.832. The van der Waals surface area contributed by atoms with Crippen LogP contribution in [0.25, 0.3) is 0 Å². The van der Waals surface area contributed by atoms with E-state index in [4.69, 9.17) is 18.6 Å². The van der Waals surface area contributed by atoms with Crippen LogP contribution in [0.15, 0.2) is 58.7 Å². The lowest BCUT2D eigenvalue weighted by Crippen LogP contribution is -2.44. The minimum Gasteiger partial charge on any atom is -0.469 e. The molecule has 2 heterocycles. The summed E-state index contributed by atoms with van der Waals surface area (Å²) in [6.45, 7) is 1.80. The third-order valence-electron chi connectivity index (χ3n) is 5.23. The van der Waals surface area contributed by atoms with E-state index in [1.54, 1.807) is 43.3 Å². The zero-order chi connectivity index (χ0) is 19.9. The molecule has 0 radical (unpaired) electrons. The Morgan fingerprint density at radius 3 is 2.64 bits per heavy atom. The number of rotatable bonds is 4. The number of fused-ring (bicyclic) bond motifs is 2. The van der Waals surface area contributed by atoms with Crippen molar-refractivity contribution < 1.29 is 33.0 Å². The van der Waals surface area contributed by atoms with Gasteiger partial charge in [0.25, 0.3) is 0 Å².